The second kappa shape index (κ2) is 5.97. The van der Waals surface area contributed by atoms with Crippen molar-refractivity contribution in [2.45, 2.75) is 31.3 Å². The predicted octanol–water partition coefficient (Wildman–Crippen LogP) is 3.32. The number of hydrogen-bond acceptors (Lipinski definition) is 3. The number of hydrogen-bond donors (Lipinski definition) is 1. The molecule has 4 heteroatoms. The van der Waals surface area contributed by atoms with Crippen LogP contribution >= 0.6 is 0 Å². The normalized spacial score (nSPS) is 16.6. The molecular formula is C18H21NO3. The summed E-state index contributed by atoms with van der Waals surface area (Å²) in [6.45, 7) is 0.348. The maximum absolute atomic E-state index is 12.7. The maximum atomic E-state index is 12.7. The van der Waals surface area contributed by atoms with Gasteiger partial charge in [0.25, 0.3) is 5.91 Å². The molecule has 1 aliphatic carbocycles. The molecule has 0 saturated heterocycles. The summed E-state index contributed by atoms with van der Waals surface area (Å²) in [6.07, 6.45) is 5.10. The van der Waals surface area contributed by atoms with Gasteiger partial charge in [-0.05, 0) is 24.5 Å². The minimum Gasteiger partial charge on any atom is -0.459 e. The first-order valence-corrected chi connectivity index (χ1v) is 7.70. The topological polar surface area (TPSA) is 53.7 Å². The molecule has 22 heavy (non-hydrogen) atoms. The third-order valence-corrected chi connectivity index (χ3v) is 4.36. The van der Waals surface area contributed by atoms with Gasteiger partial charge in [0.15, 0.2) is 5.76 Å². The zero-order chi connectivity index (χ0) is 15.6. The average molecular weight is 299 g/mol. The van der Waals surface area contributed by atoms with Crippen LogP contribution in [0.3, 0.4) is 0 Å². The zero-order valence-corrected chi connectivity index (χ0v) is 12.8. The molecule has 1 saturated carbocycles. The lowest BCUT2D eigenvalue weighted by Crippen LogP contribution is -2.42. The minimum atomic E-state index is -0.746. The number of carbonyl (C=O) groups is 1. The minimum absolute atomic E-state index is 0.191. The summed E-state index contributed by atoms with van der Waals surface area (Å²) in [7, 11) is 1.72. The van der Waals surface area contributed by atoms with E-state index in [2.05, 4.69) is 0 Å². The highest BCUT2D eigenvalue weighted by atomic mass is 16.3. The van der Waals surface area contributed by atoms with E-state index in [0.29, 0.717) is 12.3 Å². The standard InChI is InChI=1S/C18H21NO3/c1-19(13-18(21)10-5-6-11-18)17(20)16-15(9-12-22-16)14-7-3-2-4-8-14/h2-4,7-9,12,21H,5-6,10-11,13H2,1H3. The highest BCUT2D eigenvalue weighted by Crippen LogP contribution is 2.31. The maximum Gasteiger partial charge on any atom is 0.290 e. The van der Waals surface area contributed by atoms with Crippen molar-refractivity contribution in [3.63, 3.8) is 0 Å². The van der Waals surface area contributed by atoms with Crippen LogP contribution in [0.4, 0.5) is 0 Å². The van der Waals surface area contributed by atoms with E-state index in [1.54, 1.807) is 18.0 Å². The number of likely N-dealkylation sites (N-methyl/N-ethyl adjacent to an activating group) is 1. The molecule has 116 valence electrons. The van der Waals surface area contributed by atoms with Crippen molar-refractivity contribution in [2.75, 3.05) is 13.6 Å². The van der Waals surface area contributed by atoms with Gasteiger partial charge in [0, 0.05) is 19.2 Å². The molecule has 2 aromatic rings. The molecule has 1 heterocycles. The largest absolute Gasteiger partial charge is 0.459 e. The number of rotatable bonds is 4. The van der Waals surface area contributed by atoms with Crippen LogP contribution in [0.25, 0.3) is 11.1 Å². The van der Waals surface area contributed by atoms with Crippen molar-refractivity contribution >= 4 is 5.91 Å². The molecule has 1 aliphatic rings. The Morgan fingerprint density at radius 1 is 1.23 bits per heavy atom. The van der Waals surface area contributed by atoms with Gasteiger partial charge in [0.2, 0.25) is 0 Å². The second-order valence-corrected chi connectivity index (χ2v) is 6.12. The molecular weight excluding hydrogens is 278 g/mol. The van der Waals surface area contributed by atoms with E-state index in [4.69, 9.17) is 4.42 Å². The first-order chi connectivity index (χ1) is 10.6. The van der Waals surface area contributed by atoms with Crippen LogP contribution < -0.4 is 0 Å². The number of benzene rings is 1. The van der Waals surface area contributed by atoms with E-state index >= 15 is 0 Å². The van der Waals surface area contributed by atoms with E-state index in [-0.39, 0.29) is 5.91 Å². The van der Waals surface area contributed by atoms with Crippen molar-refractivity contribution in [2.24, 2.45) is 0 Å². The van der Waals surface area contributed by atoms with Crippen molar-refractivity contribution in [3.05, 3.63) is 48.4 Å². The fourth-order valence-electron chi connectivity index (χ4n) is 3.20. The SMILES string of the molecule is CN(CC1(O)CCCC1)C(=O)c1occc1-c1ccccc1. The smallest absolute Gasteiger partial charge is 0.290 e. The Bertz CT molecular complexity index is 641. The number of aliphatic hydroxyl groups is 1. The Kier molecular flexibility index (Phi) is 4.03. The van der Waals surface area contributed by atoms with Gasteiger partial charge in [-0.3, -0.25) is 4.79 Å². The van der Waals surface area contributed by atoms with Gasteiger partial charge in [-0.15, -0.1) is 0 Å². The van der Waals surface area contributed by atoms with Crippen LogP contribution in [-0.4, -0.2) is 35.1 Å². The van der Waals surface area contributed by atoms with E-state index in [9.17, 15) is 9.90 Å². The Hall–Kier alpha value is -2.07. The molecule has 1 fully saturated rings. The number of amides is 1. The molecule has 0 aliphatic heterocycles. The highest BCUT2D eigenvalue weighted by Gasteiger charge is 2.34. The van der Waals surface area contributed by atoms with Gasteiger partial charge < -0.3 is 14.4 Å². The lowest BCUT2D eigenvalue weighted by atomic mass is 10.0. The molecule has 3 rings (SSSR count). The molecule has 0 bridgehead atoms. The first-order valence-electron chi connectivity index (χ1n) is 7.70. The molecule has 0 radical (unpaired) electrons. The van der Waals surface area contributed by atoms with Crippen molar-refractivity contribution in [3.8, 4) is 11.1 Å². The fraction of sp³-hybridized carbons (Fsp3) is 0.389. The summed E-state index contributed by atoms with van der Waals surface area (Å²) in [4.78, 5) is 14.2. The second-order valence-electron chi connectivity index (χ2n) is 6.12. The van der Waals surface area contributed by atoms with Crippen molar-refractivity contribution < 1.29 is 14.3 Å². The van der Waals surface area contributed by atoms with Gasteiger partial charge in [0.1, 0.15) is 0 Å². The Balaban J connectivity index is 1.80. The molecule has 0 spiro atoms. The van der Waals surface area contributed by atoms with Gasteiger partial charge in [-0.1, -0.05) is 43.2 Å². The molecule has 0 unspecified atom stereocenters. The van der Waals surface area contributed by atoms with Crippen molar-refractivity contribution in [1.29, 1.82) is 0 Å². The molecule has 1 aromatic carbocycles. The molecule has 1 aromatic heterocycles. The van der Waals surface area contributed by atoms with E-state index in [0.717, 1.165) is 36.8 Å². The van der Waals surface area contributed by atoms with E-state index in [1.807, 2.05) is 30.3 Å². The quantitative estimate of drug-likeness (QED) is 0.942. The summed E-state index contributed by atoms with van der Waals surface area (Å²) < 4.78 is 5.43. The summed E-state index contributed by atoms with van der Waals surface area (Å²) in [5.41, 5.74) is 0.993. The lowest BCUT2D eigenvalue weighted by molar-refractivity contribution is 0.0147. The lowest BCUT2D eigenvalue weighted by Gasteiger charge is -2.28. The number of carbonyl (C=O) groups excluding carboxylic acids is 1. The number of nitrogens with zero attached hydrogens (tertiary/aromatic N) is 1. The highest BCUT2D eigenvalue weighted by molar-refractivity contribution is 5.98. The van der Waals surface area contributed by atoms with Crippen LogP contribution in [0, 0.1) is 0 Å². The van der Waals surface area contributed by atoms with Crippen LogP contribution in [0.1, 0.15) is 36.2 Å². The molecule has 1 N–H and O–H groups in total. The van der Waals surface area contributed by atoms with Crippen LogP contribution in [0.2, 0.25) is 0 Å². The van der Waals surface area contributed by atoms with Crippen molar-refractivity contribution in [1.82, 2.24) is 4.90 Å². The number of furan rings is 1. The monoisotopic (exact) mass is 299 g/mol. The first kappa shape index (κ1) is 14.9. The van der Waals surface area contributed by atoms with E-state index < -0.39 is 5.60 Å². The molecule has 0 atom stereocenters. The van der Waals surface area contributed by atoms with Gasteiger partial charge in [-0.25, -0.2) is 0 Å². The third kappa shape index (κ3) is 2.92. The summed E-state index contributed by atoms with van der Waals surface area (Å²) in [5, 5.41) is 10.5. The van der Waals surface area contributed by atoms with Gasteiger partial charge in [-0.2, -0.15) is 0 Å². The van der Waals surface area contributed by atoms with Gasteiger partial charge in [0.05, 0.1) is 11.9 Å². The summed E-state index contributed by atoms with van der Waals surface area (Å²) in [5.74, 6) is 0.138. The average Bonchev–Trinajstić information content (AvgIpc) is 3.16. The molecule has 1 amide bonds. The van der Waals surface area contributed by atoms with Crippen LogP contribution in [0.15, 0.2) is 47.1 Å². The van der Waals surface area contributed by atoms with Crippen LogP contribution in [0.5, 0.6) is 0 Å². The zero-order valence-electron chi connectivity index (χ0n) is 12.8. The van der Waals surface area contributed by atoms with Crippen LogP contribution in [-0.2, 0) is 0 Å². The van der Waals surface area contributed by atoms with Gasteiger partial charge >= 0.3 is 0 Å². The third-order valence-electron chi connectivity index (χ3n) is 4.36. The Morgan fingerprint density at radius 2 is 1.91 bits per heavy atom. The summed E-state index contributed by atoms with van der Waals surface area (Å²) >= 11 is 0. The Morgan fingerprint density at radius 3 is 2.59 bits per heavy atom. The summed E-state index contributed by atoms with van der Waals surface area (Å²) in [6, 6.07) is 11.5. The van der Waals surface area contributed by atoms with E-state index in [1.165, 1.54) is 6.26 Å². The fourth-order valence-corrected chi connectivity index (χ4v) is 3.20. The predicted molar refractivity (Wildman–Crippen MR) is 84.5 cm³/mol. The Labute approximate surface area is 130 Å². The molecule has 4 nitrogen and oxygen atoms in total.